The quantitative estimate of drug-likeness (QED) is 0.651. The molecule has 0 N–H and O–H groups in total. The third kappa shape index (κ3) is 1.41. The first-order chi connectivity index (χ1) is 5.57. The summed E-state index contributed by atoms with van der Waals surface area (Å²) >= 11 is 0. The van der Waals surface area contributed by atoms with E-state index in [-0.39, 0.29) is 49.8 Å². The molecule has 0 saturated heterocycles. The van der Waals surface area contributed by atoms with Crippen molar-refractivity contribution in [2.75, 3.05) is 0 Å². The maximum Gasteiger partial charge on any atom is 0.0706 e. The molecular formula is C11H13OY-. The second kappa shape index (κ2) is 3.44. The van der Waals surface area contributed by atoms with E-state index >= 15 is 0 Å². The fourth-order valence-corrected chi connectivity index (χ4v) is 2.41. The van der Waals surface area contributed by atoms with Gasteiger partial charge in [-0.15, -0.1) is 0 Å². The third-order valence-electron chi connectivity index (χ3n) is 3.45. The summed E-state index contributed by atoms with van der Waals surface area (Å²) in [6, 6.07) is 0. The van der Waals surface area contributed by atoms with Gasteiger partial charge in [0.15, 0.2) is 0 Å². The minimum absolute atomic E-state index is 0. The Labute approximate surface area is 105 Å². The van der Waals surface area contributed by atoms with Gasteiger partial charge in [-0.3, -0.25) is 0 Å². The van der Waals surface area contributed by atoms with Crippen LogP contribution in [0, 0.1) is 23.3 Å². The molecule has 13 heavy (non-hydrogen) atoms. The van der Waals surface area contributed by atoms with Crippen molar-refractivity contribution in [3.63, 3.8) is 0 Å². The topological polar surface area (TPSA) is 17.1 Å². The number of ketones is 1. The molecule has 67 valence electrons. The number of carbonyl (C=O) groups is 1. The molecule has 0 aromatic rings. The van der Waals surface area contributed by atoms with Crippen LogP contribution in [0.2, 0.25) is 0 Å². The van der Waals surface area contributed by atoms with Crippen molar-refractivity contribution in [1.29, 1.82) is 0 Å². The van der Waals surface area contributed by atoms with Crippen molar-refractivity contribution in [2.45, 2.75) is 20.3 Å². The Balaban J connectivity index is 0.000000845. The molecule has 1 unspecified atom stereocenters. The summed E-state index contributed by atoms with van der Waals surface area (Å²) in [6.45, 7) is 8.03. The van der Waals surface area contributed by atoms with E-state index in [2.05, 4.69) is 26.5 Å². The Morgan fingerprint density at radius 3 is 2.54 bits per heavy atom. The monoisotopic (exact) mass is 250 g/mol. The third-order valence-corrected chi connectivity index (χ3v) is 3.45. The molecule has 0 heterocycles. The molecule has 0 amide bonds. The number of Topliss-reactive ketones (excluding diaryl/α,β-unsaturated/α-hetero) is 1. The number of rotatable bonds is 1. The summed E-state index contributed by atoms with van der Waals surface area (Å²) in [6.07, 6.45) is 5.67. The molecule has 2 bridgehead atoms. The summed E-state index contributed by atoms with van der Waals surface area (Å²) in [5, 5.41) is 0. The van der Waals surface area contributed by atoms with Gasteiger partial charge in [0, 0.05) is 38.6 Å². The summed E-state index contributed by atoms with van der Waals surface area (Å²) in [5.74, 6) is 0.932. The van der Waals surface area contributed by atoms with Crippen LogP contribution in [0.4, 0.5) is 0 Å². The van der Waals surface area contributed by atoms with Gasteiger partial charge in [-0.05, 0) is 17.8 Å². The standard InChI is InChI=1S/C11H13O.Y/c1-4-7-5-10(12)9-6-8(7)11(9,2)3;/h4,8-9H,1,6H2,2-3H3;/q-1;/t8-,9?;/m0./s1. The van der Waals surface area contributed by atoms with Crippen LogP contribution >= 0.6 is 0 Å². The molecule has 0 aliphatic heterocycles. The van der Waals surface area contributed by atoms with Crippen molar-refractivity contribution in [3.8, 4) is 0 Å². The fourth-order valence-electron chi connectivity index (χ4n) is 2.41. The molecule has 3 aliphatic rings. The van der Waals surface area contributed by atoms with Crippen LogP contribution in [-0.4, -0.2) is 5.78 Å². The van der Waals surface area contributed by atoms with Gasteiger partial charge >= 0.3 is 0 Å². The summed E-state index contributed by atoms with van der Waals surface area (Å²) in [7, 11) is 0. The van der Waals surface area contributed by atoms with E-state index in [1.54, 1.807) is 6.08 Å². The number of hydrogen-bond donors (Lipinski definition) is 0. The maximum absolute atomic E-state index is 11.4. The fraction of sp³-hybridized carbons (Fsp3) is 0.545. The minimum atomic E-state index is 0. The Kier molecular flexibility index (Phi) is 2.99. The van der Waals surface area contributed by atoms with Gasteiger partial charge in [-0.1, -0.05) is 13.8 Å². The minimum Gasteiger partial charge on any atom is -0.317 e. The smallest absolute Gasteiger partial charge is 0.0706 e. The predicted octanol–water partition coefficient (Wildman–Crippen LogP) is 2.14. The van der Waals surface area contributed by atoms with Gasteiger partial charge in [0.1, 0.15) is 0 Å². The molecule has 1 radical (unpaired) electrons. The Bertz CT molecular complexity index is 288. The first-order valence-corrected chi connectivity index (χ1v) is 4.37. The van der Waals surface area contributed by atoms with E-state index < -0.39 is 0 Å². The van der Waals surface area contributed by atoms with E-state index in [1.165, 1.54) is 0 Å². The van der Waals surface area contributed by atoms with Crippen LogP contribution in [0.15, 0.2) is 18.2 Å². The van der Waals surface area contributed by atoms with Gasteiger partial charge in [0.25, 0.3) is 0 Å². The zero-order chi connectivity index (χ0) is 8.93. The van der Waals surface area contributed by atoms with E-state index in [9.17, 15) is 4.79 Å². The van der Waals surface area contributed by atoms with E-state index in [0.29, 0.717) is 5.92 Å². The van der Waals surface area contributed by atoms with Crippen molar-refractivity contribution in [2.24, 2.45) is 17.3 Å². The first kappa shape index (κ1) is 11.3. The normalized spacial score (nSPS) is 34.0. The Morgan fingerprint density at radius 1 is 1.54 bits per heavy atom. The molecule has 1 saturated carbocycles. The largest absolute Gasteiger partial charge is 0.317 e. The second-order valence-corrected chi connectivity index (χ2v) is 4.31. The number of carbonyl (C=O) groups excluding carboxylic acids is 1. The summed E-state index contributed by atoms with van der Waals surface area (Å²) in [5.41, 5.74) is 1.18. The van der Waals surface area contributed by atoms with Gasteiger partial charge in [0.05, 0.1) is 5.78 Å². The average Bonchev–Trinajstić information content (AvgIpc) is 2.02. The molecule has 1 fully saturated rings. The molecule has 0 aromatic carbocycles. The van der Waals surface area contributed by atoms with E-state index in [4.69, 9.17) is 0 Å². The molecular weight excluding hydrogens is 237 g/mol. The second-order valence-electron chi connectivity index (χ2n) is 4.31. The van der Waals surface area contributed by atoms with Gasteiger partial charge in [0.2, 0.25) is 0 Å². The molecule has 0 spiro atoms. The average molecular weight is 250 g/mol. The van der Waals surface area contributed by atoms with Crippen LogP contribution in [0.25, 0.3) is 0 Å². The molecule has 3 aliphatic carbocycles. The SMILES string of the molecule is C=CC1=[C-]C(=O)C2C[C@@H]1C2(C)C.[Y]. The van der Waals surface area contributed by atoms with Crippen LogP contribution in [0.3, 0.4) is 0 Å². The van der Waals surface area contributed by atoms with E-state index in [1.807, 2.05) is 0 Å². The van der Waals surface area contributed by atoms with Crippen molar-refractivity contribution in [3.05, 3.63) is 24.3 Å². The van der Waals surface area contributed by atoms with Crippen LogP contribution in [-0.2, 0) is 37.5 Å². The number of hydrogen-bond acceptors (Lipinski definition) is 1. The van der Waals surface area contributed by atoms with Crippen molar-refractivity contribution in [1.82, 2.24) is 0 Å². The summed E-state index contributed by atoms with van der Waals surface area (Å²) < 4.78 is 0. The van der Waals surface area contributed by atoms with Crippen molar-refractivity contribution < 1.29 is 37.5 Å². The predicted molar refractivity (Wildman–Crippen MR) is 47.3 cm³/mol. The Morgan fingerprint density at radius 2 is 2.15 bits per heavy atom. The van der Waals surface area contributed by atoms with Crippen LogP contribution in [0.5, 0.6) is 0 Å². The first-order valence-electron chi connectivity index (χ1n) is 4.37. The van der Waals surface area contributed by atoms with Gasteiger partial charge in [-0.2, -0.15) is 6.58 Å². The molecule has 1 nitrogen and oxygen atoms in total. The van der Waals surface area contributed by atoms with Gasteiger partial charge < -0.3 is 4.79 Å². The molecule has 0 aromatic heterocycles. The zero-order valence-corrected chi connectivity index (χ0v) is 11.0. The van der Waals surface area contributed by atoms with Crippen molar-refractivity contribution >= 4 is 5.78 Å². The van der Waals surface area contributed by atoms with Crippen LogP contribution < -0.4 is 0 Å². The zero-order valence-electron chi connectivity index (χ0n) is 8.13. The maximum atomic E-state index is 11.4. The molecule has 3 rings (SSSR count). The molecule has 2 heteroatoms. The van der Waals surface area contributed by atoms with E-state index in [0.717, 1.165) is 12.0 Å². The number of allylic oxidation sites excluding steroid dienone is 3. The molecule has 2 atom stereocenters. The Hall–Kier alpha value is 0.254. The number of fused-ring (bicyclic) bond motifs is 1. The summed E-state index contributed by atoms with van der Waals surface area (Å²) in [4.78, 5) is 11.4. The van der Waals surface area contributed by atoms with Crippen LogP contribution in [0.1, 0.15) is 20.3 Å². The van der Waals surface area contributed by atoms with Gasteiger partial charge in [-0.25, -0.2) is 17.7 Å².